The summed E-state index contributed by atoms with van der Waals surface area (Å²) < 4.78 is 7.53. The number of carboxylic acids is 1. The Morgan fingerprint density at radius 1 is 1.25 bits per heavy atom. The maximum atomic E-state index is 11.8. The van der Waals surface area contributed by atoms with Gasteiger partial charge in [-0.05, 0) is 42.5 Å². The second-order valence-electron chi connectivity index (χ2n) is 8.40. The molecule has 3 atom stereocenters. The third kappa shape index (κ3) is 8.71. The minimum Gasteiger partial charge on any atom is -0.480 e. The Labute approximate surface area is 199 Å². The minimum atomic E-state index is -1.15. The van der Waals surface area contributed by atoms with E-state index in [1.165, 1.54) is 0 Å². The molecule has 3 N–H and O–H groups in total. The van der Waals surface area contributed by atoms with Crippen LogP contribution in [0.3, 0.4) is 0 Å². The Balaban J connectivity index is 2.21. The number of carbonyl (C=O) groups is 1. The normalized spacial score (nSPS) is 14.5. The van der Waals surface area contributed by atoms with Crippen molar-refractivity contribution in [3.8, 4) is 0 Å². The monoisotopic (exact) mass is 485 g/mol. The fourth-order valence-corrected chi connectivity index (χ4v) is 4.03. The van der Waals surface area contributed by atoms with E-state index in [4.69, 9.17) is 27.9 Å². The fraction of sp³-hybridized carbons (Fsp3) is 0.565. The molecule has 2 rings (SSSR count). The number of aliphatic hydroxyl groups is 1. The maximum absolute atomic E-state index is 11.8. The first-order chi connectivity index (χ1) is 15.2. The molecule has 0 amide bonds. The van der Waals surface area contributed by atoms with Gasteiger partial charge in [0.25, 0.3) is 0 Å². The van der Waals surface area contributed by atoms with Crippen LogP contribution >= 0.6 is 23.2 Å². The van der Waals surface area contributed by atoms with E-state index in [0.717, 1.165) is 24.1 Å². The first-order valence-electron chi connectivity index (χ1n) is 10.9. The number of carboxylic acid groups (broad SMARTS) is 1. The van der Waals surface area contributed by atoms with Crippen molar-refractivity contribution in [3.63, 3.8) is 0 Å². The van der Waals surface area contributed by atoms with E-state index in [1.807, 2.05) is 37.5 Å². The van der Waals surface area contributed by atoms with Crippen LogP contribution in [0.25, 0.3) is 0 Å². The third-order valence-corrected chi connectivity index (χ3v) is 5.49. The molecule has 0 aliphatic rings. The molecule has 0 fully saturated rings. The molecule has 0 saturated carbocycles. The van der Waals surface area contributed by atoms with Crippen molar-refractivity contribution in [2.45, 2.75) is 71.4 Å². The van der Waals surface area contributed by atoms with Crippen LogP contribution in [0.5, 0.6) is 0 Å². The van der Waals surface area contributed by atoms with Gasteiger partial charge in [0.1, 0.15) is 6.04 Å². The van der Waals surface area contributed by atoms with Gasteiger partial charge in [0.05, 0.1) is 12.4 Å². The van der Waals surface area contributed by atoms with E-state index in [1.54, 1.807) is 18.6 Å². The lowest BCUT2D eigenvalue weighted by Crippen LogP contribution is -2.51. The molecule has 7 nitrogen and oxygen atoms in total. The summed E-state index contributed by atoms with van der Waals surface area (Å²) in [4.78, 5) is 16.0. The summed E-state index contributed by atoms with van der Waals surface area (Å²) >= 11 is 12.2. The van der Waals surface area contributed by atoms with Crippen molar-refractivity contribution in [3.05, 3.63) is 52.0 Å². The van der Waals surface area contributed by atoms with Gasteiger partial charge in [-0.1, -0.05) is 50.4 Å². The topological polar surface area (TPSA) is 96.6 Å². The molecule has 32 heavy (non-hydrogen) atoms. The van der Waals surface area contributed by atoms with Crippen LogP contribution < -0.4 is 5.32 Å². The van der Waals surface area contributed by atoms with Gasteiger partial charge < -0.3 is 19.5 Å². The zero-order chi connectivity index (χ0) is 23.7. The summed E-state index contributed by atoms with van der Waals surface area (Å²) in [6.45, 7) is 6.86. The third-order valence-electron chi connectivity index (χ3n) is 5.05. The second kappa shape index (κ2) is 13.2. The summed E-state index contributed by atoms with van der Waals surface area (Å²) in [6.07, 6.45) is 4.76. The van der Waals surface area contributed by atoms with Gasteiger partial charge in [-0.15, -0.1) is 0 Å². The molecule has 0 bridgehead atoms. The zero-order valence-electron chi connectivity index (χ0n) is 18.8. The summed E-state index contributed by atoms with van der Waals surface area (Å²) in [5.41, 5.74) is 1.74. The van der Waals surface area contributed by atoms with Crippen molar-refractivity contribution >= 4 is 29.2 Å². The van der Waals surface area contributed by atoms with Crippen molar-refractivity contribution in [1.82, 2.24) is 14.9 Å². The van der Waals surface area contributed by atoms with E-state index in [0.29, 0.717) is 36.0 Å². The number of hydrogen-bond donors (Lipinski definition) is 3. The van der Waals surface area contributed by atoms with E-state index in [-0.39, 0.29) is 5.92 Å². The number of rotatable bonds is 14. The van der Waals surface area contributed by atoms with E-state index < -0.39 is 24.3 Å². The average Bonchev–Trinajstić information content (AvgIpc) is 3.12. The highest BCUT2D eigenvalue weighted by atomic mass is 35.5. The van der Waals surface area contributed by atoms with Gasteiger partial charge >= 0.3 is 5.97 Å². The summed E-state index contributed by atoms with van der Waals surface area (Å²) in [5, 5.41) is 24.6. The Morgan fingerprint density at radius 3 is 2.53 bits per heavy atom. The van der Waals surface area contributed by atoms with Crippen LogP contribution in [-0.2, 0) is 22.5 Å². The van der Waals surface area contributed by atoms with E-state index >= 15 is 0 Å². The molecular formula is C23H33Cl2N3O4. The predicted molar refractivity (Wildman–Crippen MR) is 126 cm³/mol. The quantitative estimate of drug-likeness (QED) is 0.271. The number of aliphatic carboxylic acids is 1. The molecule has 0 saturated heterocycles. The molecule has 9 heteroatoms. The predicted octanol–water partition coefficient (Wildman–Crippen LogP) is 4.37. The van der Waals surface area contributed by atoms with Gasteiger partial charge in [0.2, 0.25) is 0 Å². The molecule has 0 radical (unpaired) electrons. The number of aromatic nitrogens is 2. The van der Waals surface area contributed by atoms with Crippen molar-refractivity contribution in [2.75, 3.05) is 6.61 Å². The Bertz CT molecular complexity index is 839. The zero-order valence-corrected chi connectivity index (χ0v) is 20.3. The number of imidazole rings is 1. The Morgan fingerprint density at radius 2 is 1.94 bits per heavy atom. The Kier molecular flexibility index (Phi) is 10.9. The molecule has 0 aliphatic heterocycles. The largest absolute Gasteiger partial charge is 0.480 e. The molecule has 3 unspecified atom stereocenters. The van der Waals surface area contributed by atoms with E-state index in [2.05, 4.69) is 10.3 Å². The van der Waals surface area contributed by atoms with Crippen LogP contribution in [0.4, 0.5) is 0 Å². The van der Waals surface area contributed by atoms with Crippen LogP contribution in [0.15, 0.2) is 30.7 Å². The molecule has 1 aromatic carbocycles. The number of hydrogen-bond acceptors (Lipinski definition) is 5. The molecule has 178 valence electrons. The SMILES string of the molecule is CCCCOC(O)C(Cc1cncn1Cc1cc(Cl)cc(Cl)c1)NC(CC(C)C)C(=O)O. The van der Waals surface area contributed by atoms with Crippen molar-refractivity contribution in [1.29, 1.82) is 0 Å². The highest BCUT2D eigenvalue weighted by molar-refractivity contribution is 6.34. The van der Waals surface area contributed by atoms with Crippen LogP contribution in [0.2, 0.25) is 10.0 Å². The van der Waals surface area contributed by atoms with Crippen LogP contribution in [-0.4, -0.2) is 50.7 Å². The van der Waals surface area contributed by atoms with Gasteiger partial charge in [-0.2, -0.15) is 0 Å². The standard InChI is InChI=1S/C23H33Cl2N3O4/c1-4-5-6-32-23(31)21(27-20(22(29)30)7-15(2)3)11-19-12-26-14-28(19)13-16-8-17(24)10-18(25)9-16/h8-10,12,14-15,20-21,23,27,31H,4-7,11,13H2,1-3H3,(H,29,30). The highest BCUT2D eigenvalue weighted by Gasteiger charge is 2.28. The smallest absolute Gasteiger partial charge is 0.320 e. The van der Waals surface area contributed by atoms with Crippen LogP contribution in [0, 0.1) is 5.92 Å². The lowest BCUT2D eigenvalue weighted by molar-refractivity contribution is -0.144. The minimum absolute atomic E-state index is 0.181. The average molecular weight is 486 g/mol. The number of benzene rings is 1. The molecule has 0 aliphatic carbocycles. The number of nitrogens with zero attached hydrogens (tertiary/aromatic N) is 2. The summed E-state index contributed by atoms with van der Waals surface area (Å²) in [5.74, 6) is -0.771. The fourth-order valence-electron chi connectivity index (χ4n) is 3.46. The number of halogens is 2. The van der Waals surface area contributed by atoms with Gasteiger partial charge in [-0.25, -0.2) is 4.98 Å². The lowest BCUT2D eigenvalue weighted by Gasteiger charge is -2.28. The number of aliphatic hydroxyl groups excluding tert-OH is 1. The van der Waals surface area contributed by atoms with Crippen molar-refractivity contribution < 1.29 is 19.7 Å². The molecule has 1 heterocycles. The number of unbranched alkanes of at least 4 members (excludes halogenated alkanes) is 1. The molecule has 2 aromatic rings. The number of nitrogens with one attached hydrogen (secondary N) is 1. The second-order valence-corrected chi connectivity index (χ2v) is 9.28. The molecule has 1 aromatic heterocycles. The lowest BCUT2D eigenvalue weighted by atomic mass is 10.0. The first-order valence-corrected chi connectivity index (χ1v) is 11.7. The van der Waals surface area contributed by atoms with Gasteiger partial charge in [-0.3, -0.25) is 10.1 Å². The summed E-state index contributed by atoms with van der Waals surface area (Å²) in [7, 11) is 0. The summed E-state index contributed by atoms with van der Waals surface area (Å²) in [6, 6.07) is 3.92. The van der Waals surface area contributed by atoms with Gasteiger partial charge in [0.15, 0.2) is 6.29 Å². The Hall–Kier alpha value is -1.64. The van der Waals surface area contributed by atoms with E-state index in [9.17, 15) is 15.0 Å². The van der Waals surface area contributed by atoms with Crippen LogP contribution in [0.1, 0.15) is 51.3 Å². The highest BCUT2D eigenvalue weighted by Crippen LogP contribution is 2.21. The van der Waals surface area contributed by atoms with Crippen molar-refractivity contribution in [2.24, 2.45) is 5.92 Å². The molecular weight excluding hydrogens is 453 g/mol. The number of ether oxygens (including phenoxy) is 1. The maximum Gasteiger partial charge on any atom is 0.320 e. The molecule has 0 spiro atoms. The van der Waals surface area contributed by atoms with Gasteiger partial charge in [0, 0.05) is 41.5 Å². The first kappa shape index (κ1) is 26.6.